The van der Waals surface area contributed by atoms with Gasteiger partial charge < -0.3 is 9.47 Å². The second-order valence-corrected chi connectivity index (χ2v) is 9.42. The lowest BCUT2D eigenvalue weighted by Gasteiger charge is -2.27. The molecule has 1 aliphatic heterocycles. The van der Waals surface area contributed by atoms with Gasteiger partial charge >= 0.3 is 12.1 Å². The summed E-state index contributed by atoms with van der Waals surface area (Å²) in [5.74, 6) is -1.29. The molecule has 0 N–H and O–H groups in total. The first-order valence-corrected chi connectivity index (χ1v) is 10.8. The number of esters is 1. The largest absolute Gasteiger partial charge is 0.449 e. The van der Waals surface area contributed by atoms with Crippen LogP contribution in [0.3, 0.4) is 0 Å². The molecule has 2 aromatic carbocycles. The normalized spacial score (nSPS) is 19.7. The highest BCUT2D eigenvalue weighted by molar-refractivity contribution is 7.90. The average molecular weight is 461 g/mol. The minimum absolute atomic E-state index is 0.0187. The number of carbonyl (C=O) groups is 1. The lowest BCUT2D eigenvalue weighted by atomic mass is 9.87. The highest BCUT2D eigenvalue weighted by Gasteiger charge is 2.52. The van der Waals surface area contributed by atoms with Gasteiger partial charge in [0.2, 0.25) is 5.76 Å². The monoisotopic (exact) mass is 460 g/mol. The third-order valence-electron chi connectivity index (χ3n) is 4.40. The predicted octanol–water partition coefficient (Wildman–Crippen LogP) is 4.80. The van der Waals surface area contributed by atoms with Gasteiger partial charge in [0, 0.05) is 11.3 Å². The number of alkyl halides is 3. The maximum atomic E-state index is 13.2. The SMILES string of the molecule is C[C@]1(CC(F)(F)F)OC(=O)C(Oc2ccc(Cl)cc2)=C1c1ccc(S(C)(=O)=O)cc1. The Kier molecular flexibility index (Phi) is 5.64. The Balaban J connectivity index is 2.14. The number of carbonyl (C=O) groups excluding carboxylic acids is 1. The van der Waals surface area contributed by atoms with E-state index < -0.39 is 39.8 Å². The fraction of sp³-hybridized carbons (Fsp3) is 0.250. The van der Waals surface area contributed by atoms with Gasteiger partial charge in [0.1, 0.15) is 11.4 Å². The minimum atomic E-state index is -4.64. The van der Waals surface area contributed by atoms with E-state index >= 15 is 0 Å². The number of rotatable bonds is 5. The van der Waals surface area contributed by atoms with Gasteiger partial charge in [-0.1, -0.05) is 23.7 Å². The first kappa shape index (κ1) is 22.2. The maximum Gasteiger partial charge on any atom is 0.393 e. The fourth-order valence-electron chi connectivity index (χ4n) is 3.17. The van der Waals surface area contributed by atoms with Gasteiger partial charge in [-0.15, -0.1) is 0 Å². The summed E-state index contributed by atoms with van der Waals surface area (Å²) in [5.41, 5.74) is -2.01. The van der Waals surface area contributed by atoms with Crippen LogP contribution in [0.25, 0.3) is 5.57 Å². The van der Waals surface area contributed by atoms with Crippen molar-refractivity contribution in [3.63, 3.8) is 0 Å². The first-order chi connectivity index (χ1) is 13.8. The van der Waals surface area contributed by atoms with Gasteiger partial charge in [-0.2, -0.15) is 13.2 Å². The number of ether oxygens (including phenoxy) is 2. The van der Waals surface area contributed by atoms with Crippen molar-refractivity contribution in [3.8, 4) is 5.75 Å². The molecule has 0 saturated heterocycles. The van der Waals surface area contributed by atoms with Crippen LogP contribution in [0.4, 0.5) is 13.2 Å². The van der Waals surface area contributed by atoms with Gasteiger partial charge in [0.15, 0.2) is 9.84 Å². The number of halogens is 4. The van der Waals surface area contributed by atoms with Gasteiger partial charge in [0.25, 0.3) is 0 Å². The van der Waals surface area contributed by atoms with E-state index in [4.69, 9.17) is 21.1 Å². The molecule has 0 unspecified atom stereocenters. The van der Waals surface area contributed by atoms with Crippen molar-refractivity contribution in [1.82, 2.24) is 0 Å². The fourth-order valence-corrected chi connectivity index (χ4v) is 3.93. The minimum Gasteiger partial charge on any atom is -0.449 e. The third kappa shape index (κ3) is 4.79. The molecular formula is C20H16ClF3O5S. The van der Waals surface area contributed by atoms with E-state index in [1.807, 2.05) is 0 Å². The maximum absolute atomic E-state index is 13.2. The van der Waals surface area contributed by atoms with Gasteiger partial charge in [-0.05, 0) is 48.9 Å². The van der Waals surface area contributed by atoms with E-state index in [2.05, 4.69) is 0 Å². The zero-order valence-corrected chi connectivity index (χ0v) is 17.4. The summed E-state index contributed by atoms with van der Waals surface area (Å²) < 4.78 is 73.8. The van der Waals surface area contributed by atoms with Crippen molar-refractivity contribution in [2.45, 2.75) is 30.0 Å². The molecule has 0 amide bonds. The summed E-state index contributed by atoms with van der Waals surface area (Å²) in [5, 5.41) is 0.406. The smallest absolute Gasteiger partial charge is 0.393 e. The number of cyclic esters (lactones) is 1. The number of sulfone groups is 1. The van der Waals surface area contributed by atoms with Crippen LogP contribution in [-0.4, -0.2) is 32.4 Å². The predicted molar refractivity (Wildman–Crippen MR) is 104 cm³/mol. The van der Waals surface area contributed by atoms with E-state index in [1.54, 1.807) is 0 Å². The molecule has 1 heterocycles. The van der Waals surface area contributed by atoms with Crippen molar-refractivity contribution in [1.29, 1.82) is 0 Å². The van der Waals surface area contributed by atoms with Crippen LogP contribution in [0.1, 0.15) is 18.9 Å². The van der Waals surface area contributed by atoms with Crippen molar-refractivity contribution >= 4 is 33.0 Å². The van der Waals surface area contributed by atoms with Crippen LogP contribution in [-0.2, 0) is 19.4 Å². The summed E-state index contributed by atoms with van der Waals surface area (Å²) in [4.78, 5) is 12.4. The van der Waals surface area contributed by atoms with Crippen molar-refractivity contribution in [2.24, 2.45) is 0 Å². The summed E-state index contributed by atoms with van der Waals surface area (Å²) in [6.45, 7) is 1.14. The zero-order valence-electron chi connectivity index (χ0n) is 15.8. The Bertz CT molecular complexity index is 1110. The Morgan fingerprint density at radius 1 is 1.07 bits per heavy atom. The Morgan fingerprint density at radius 3 is 2.13 bits per heavy atom. The zero-order chi connectivity index (χ0) is 22.3. The second-order valence-electron chi connectivity index (χ2n) is 6.97. The van der Waals surface area contributed by atoms with Crippen LogP contribution in [0.5, 0.6) is 5.75 Å². The molecule has 0 aromatic heterocycles. The van der Waals surface area contributed by atoms with Crippen LogP contribution in [0.15, 0.2) is 59.2 Å². The lowest BCUT2D eigenvalue weighted by molar-refractivity contribution is -0.176. The Hall–Kier alpha value is -2.52. The molecule has 0 bridgehead atoms. The molecule has 1 atom stereocenters. The Labute approximate surface area is 176 Å². The molecule has 30 heavy (non-hydrogen) atoms. The summed E-state index contributed by atoms with van der Waals surface area (Å²) in [6.07, 6.45) is -5.07. The highest BCUT2D eigenvalue weighted by Crippen LogP contribution is 2.46. The van der Waals surface area contributed by atoms with Gasteiger partial charge in [0.05, 0.1) is 16.9 Å². The summed E-state index contributed by atoms with van der Waals surface area (Å²) in [7, 11) is -3.52. The molecule has 0 radical (unpaired) electrons. The molecule has 0 saturated carbocycles. The summed E-state index contributed by atoms with van der Waals surface area (Å²) in [6, 6.07) is 11.0. The van der Waals surface area contributed by atoms with Crippen LogP contribution in [0.2, 0.25) is 5.02 Å². The average Bonchev–Trinajstić information content (AvgIpc) is 2.84. The van der Waals surface area contributed by atoms with Crippen molar-refractivity contribution < 1.29 is 35.9 Å². The van der Waals surface area contributed by atoms with E-state index in [1.165, 1.54) is 48.5 Å². The van der Waals surface area contributed by atoms with E-state index in [-0.39, 0.29) is 21.8 Å². The first-order valence-electron chi connectivity index (χ1n) is 8.57. The number of hydrogen-bond acceptors (Lipinski definition) is 5. The van der Waals surface area contributed by atoms with E-state index in [9.17, 15) is 26.4 Å². The summed E-state index contributed by atoms with van der Waals surface area (Å²) >= 11 is 5.82. The molecule has 5 nitrogen and oxygen atoms in total. The number of benzene rings is 2. The number of hydrogen-bond donors (Lipinski definition) is 0. The molecule has 1 aliphatic rings. The van der Waals surface area contributed by atoms with E-state index in [0.717, 1.165) is 13.2 Å². The van der Waals surface area contributed by atoms with Crippen molar-refractivity contribution in [3.05, 3.63) is 64.9 Å². The lowest BCUT2D eigenvalue weighted by Crippen LogP contribution is -2.33. The molecule has 160 valence electrons. The van der Waals surface area contributed by atoms with E-state index in [0.29, 0.717) is 5.02 Å². The molecule has 0 spiro atoms. The molecule has 2 aromatic rings. The van der Waals surface area contributed by atoms with Gasteiger partial charge in [-0.3, -0.25) is 0 Å². The Morgan fingerprint density at radius 2 is 1.63 bits per heavy atom. The highest BCUT2D eigenvalue weighted by atomic mass is 35.5. The second kappa shape index (κ2) is 7.63. The standard InChI is InChI=1S/C20H16ClF3O5S/c1-19(11-20(22,23)24)16(12-3-9-15(10-4-12)30(2,26)27)17(18(25)29-19)28-14-7-5-13(21)6-8-14/h3-10H,11H2,1-2H3/t19-/m1/s1. The van der Waals surface area contributed by atoms with Crippen LogP contribution in [0, 0.1) is 0 Å². The molecule has 0 fully saturated rings. The van der Waals surface area contributed by atoms with Crippen molar-refractivity contribution in [2.75, 3.05) is 6.26 Å². The van der Waals surface area contributed by atoms with Crippen LogP contribution >= 0.6 is 11.6 Å². The molecule has 10 heteroatoms. The quantitative estimate of drug-likeness (QED) is 0.599. The third-order valence-corrected chi connectivity index (χ3v) is 5.78. The topological polar surface area (TPSA) is 69.7 Å². The molecule has 3 rings (SSSR count). The molecular weight excluding hydrogens is 445 g/mol. The molecule has 0 aliphatic carbocycles. The van der Waals surface area contributed by atoms with Gasteiger partial charge in [-0.25, -0.2) is 13.2 Å². The van der Waals surface area contributed by atoms with Crippen LogP contribution < -0.4 is 4.74 Å².